The van der Waals surface area contributed by atoms with Crippen LogP contribution in [0, 0.1) is 12.9 Å². The number of fused-ring (bicyclic) bond motifs is 1. The third-order valence-electron chi connectivity index (χ3n) is 6.69. The lowest BCUT2D eigenvalue weighted by molar-refractivity contribution is 0.120. The van der Waals surface area contributed by atoms with E-state index >= 15 is 0 Å². The number of aromatic nitrogens is 3. The van der Waals surface area contributed by atoms with Crippen molar-refractivity contribution in [2.45, 2.75) is 42.7 Å². The summed E-state index contributed by atoms with van der Waals surface area (Å²) in [5.74, 6) is -0.838. The molecule has 3 heterocycles. The first kappa shape index (κ1) is 26.5. The van der Waals surface area contributed by atoms with Gasteiger partial charge in [-0.1, -0.05) is 30.3 Å². The number of para-hydroxylation sites is 1. The Morgan fingerprint density at radius 2 is 1.90 bits per heavy atom. The van der Waals surface area contributed by atoms with Gasteiger partial charge in [-0.3, -0.25) is 9.36 Å². The summed E-state index contributed by atoms with van der Waals surface area (Å²) >= 11 is 0. The van der Waals surface area contributed by atoms with Crippen LogP contribution in [0.4, 0.5) is 4.39 Å². The summed E-state index contributed by atoms with van der Waals surface area (Å²) in [6.07, 6.45) is 1.71. The van der Waals surface area contributed by atoms with Crippen LogP contribution < -0.4 is 10.3 Å². The number of rotatable bonds is 7. The van der Waals surface area contributed by atoms with Crippen molar-refractivity contribution in [3.8, 4) is 22.8 Å². The zero-order valence-corrected chi connectivity index (χ0v) is 22.1. The Morgan fingerprint density at radius 1 is 1.15 bits per heavy atom. The van der Waals surface area contributed by atoms with E-state index in [1.165, 1.54) is 35.0 Å². The minimum absolute atomic E-state index is 0.101. The van der Waals surface area contributed by atoms with Gasteiger partial charge in [-0.25, -0.2) is 13.4 Å². The lowest BCUT2D eigenvalue weighted by atomic mass is 10.00. The molecule has 0 unspecified atom stereocenters. The van der Waals surface area contributed by atoms with E-state index in [-0.39, 0.29) is 17.3 Å². The molecule has 39 heavy (non-hydrogen) atoms. The zero-order chi connectivity index (χ0) is 27.7. The van der Waals surface area contributed by atoms with Crippen molar-refractivity contribution in [3.05, 3.63) is 94.0 Å². The van der Waals surface area contributed by atoms with Crippen LogP contribution in [0.15, 0.2) is 75.4 Å². The van der Waals surface area contributed by atoms with Crippen molar-refractivity contribution in [3.63, 3.8) is 0 Å². The summed E-state index contributed by atoms with van der Waals surface area (Å²) < 4.78 is 53.9. The Labute approximate surface area is 224 Å². The van der Waals surface area contributed by atoms with Crippen molar-refractivity contribution in [2.75, 3.05) is 13.2 Å². The number of pyridine rings is 1. The van der Waals surface area contributed by atoms with Gasteiger partial charge in [-0.05, 0) is 49.2 Å². The van der Waals surface area contributed by atoms with E-state index < -0.39 is 38.2 Å². The Bertz CT molecular complexity index is 1700. The predicted octanol–water partition coefficient (Wildman–Crippen LogP) is 4.20. The highest BCUT2D eigenvalue weighted by molar-refractivity contribution is 7.91. The first-order valence-electron chi connectivity index (χ1n) is 12.3. The van der Waals surface area contributed by atoms with Gasteiger partial charge in [0.05, 0.1) is 17.5 Å². The summed E-state index contributed by atoms with van der Waals surface area (Å²) in [5.41, 5.74) is 1.23. The maximum Gasteiger partial charge on any atom is 0.277 e. The van der Waals surface area contributed by atoms with Gasteiger partial charge in [0, 0.05) is 30.4 Å². The standard InChI is InChI=1S/C28H26FN3O6S/c1-3-37-16-24-31-27(33)25(28(34)32(24)22-13-15-38-23-7-5-4-6-21(22)23)39(35,36)19-10-8-18(9-11-19)20-12-14-30-26(29)17(20)2/h4-12,14,22,33H,3,13,15-16H2,1-2H3/t22-/m0/s1. The molecule has 11 heteroatoms. The summed E-state index contributed by atoms with van der Waals surface area (Å²) in [5, 5.41) is 10.8. The molecule has 202 valence electrons. The van der Waals surface area contributed by atoms with Crippen LogP contribution in [-0.2, 0) is 21.2 Å². The highest BCUT2D eigenvalue weighted by atomic mass is 32.2. The number of sulfone groups is 1. The van der Waals surface area contributed by atoms with Crippen molar-refractivity contribution in [1.29, 1.82) is 0 Å². The lowest BCUT2D eigenvalue weighted by Crippen LogP contribution is -2.35. The minimum atomic E-state index is -4.50. The van der Waals surface area contributed by atoms with E-state index in [2.05, 4.69) is 9.97 Å². The summed E-state index contributed by atoms with van der Waals surface area (Å²) in [6.45, 7) is 3.88. The summed E-state index contributed by atoms with van der Waals surface area (Å²) in [4.78, 5) is 20.6. The third kappa shape index (κ3) is 4.79. The SMILES string of the molecule is CCOCc1nc(O)c(S(=O)(=O)c2ccc(-c3ccnc(F)c3C)cc2)c(=O)n1[C@H]1CCOc2ccccc21. The number of benzene rings is 2. The first-order valence-corrected chi connectivity index (χ1v) is 13.8. The zero-order valence-electron chi connectivity index (χ0n) is 21.3. The topological polar surface area (TPSA) is 121 Å². The van der Waals surface area contributed by atoms with Gasteiger partial charge in [-0.15, -0.1) is 0 Å². The van der Waals surface area contributed by atoms with E-state index in [0.29, 0.717) is 47.6 Å². The van der Waals surface area contributed by atoms with E-state index in [9.17, 15) is 22.7 Å². The second-order valence-corrected chi connectivity index (χ2v) is 10.9. The Morgan fingerprint density at radius 3 is 2.64 bits per heavy atom. The van der Waals surface area contributed by atoms with Gasteiger partial charge in [0.1, 0.15) is 18.2 Å². The highest BCUT2D eigenvalue weighted by Crippen LogP contribution is 2.36. The lowest BCUT2D eigenvalue weighted by Gasteiger charge is -2.29. The molecule has 0 bridgehead atoms. The molecule has 0 saturated heterocycles. The minimum Gasteiger partial charge on any atom is -0.493 e. The van der Waals surface area contributed by atoms with Crippen molar-refractivity contribution in [1.82, 2.24) is 14.5 Å². The molecule has 1 N–H and O–H groups in total. The quantitative estimate of drug-likeness (QED) is 0.340. The maximum atomic E-state index is 13.9. The predicted molar refractivity (Wildman–Crippen MR) is 140 cm³/mol. The number of aromatic hydroxyl groups is 1. The molecule has 9 nitrogen and oxygen atoms in total. The molecular weight excluding hydrogens is 525 g/mol. The number of nitrogens with zero attached hydrogens (tertiary/aromatic N) is 3. The maximum absolute atomic E-state index is 13.9. The van der Waals surface area contributed by atoms with Crippen molar-refractivity contribution < 1.29 is 27.4 Å². The largest absolute Gasteiger partial charge is 0.493 e. The van der Waals surface area contributed by atoms with Gasteiger partial charge in [0.25, 0.3) is 5.56 Å². The van der Waals surface area contributed by atoms with E-state index in [4.69, 9.17) is 9.47 Å². The number of hydrogen-bond donors (Lipinski definition) is 1. The molecule has 1 aliphatic rings. The van der Waals surface area contributed by atoms with Gasteiger partial charge in [0.15, 0.2) is 4.90 Å². The molecule has 2 aromatic carbocycles. The molecular formula is C28H26FN3O6S. The second kappa shape index (κ2) is 10.6. The first-order chi connectivity index (χ1) is 18.7. The van der Waals surface area contributed by atoms with Gasteiger partial charge < -0.3 is 14.6 Å². The molecule has 0 amide bonds. The van der Waals surface area contributed by atoms with Crippen molar-refractivity contribution >= 4 is 9.84 Å². The Balaban J connectivity index is 1.64. The monoisotopic (exact) mass is 551 g/mol. The fourth-order valence-electron chi connectivity index (χ4n) is 4.75. The number of ether oxygens (including phenoxy) is 2. The molecule has 4 aromatic rings. The molecule has 1 atom stereocenters. The molecule has 0 spiro atoms. The van der Waals surface area contributed by atoms with Crippen LogP contribution in [0.1, 0.15) is 36.3 Å². The smallest absolute Gasteiger partial charge is 0.277 e. The molecule has 0 aliphatic carbocycles. The second-order valence-electron chi connectivity index (χ2n) is 8.99. The number of halogens is 1. The third-order valence-corrected chi connectivity index (χ3v) is 8.48. The van der Waals surface area contributed by atoms with E-state index in [0.717, 1.165) is 0 Å². The fraction of sp³-hybridized carbons (Fsp3) is 0.250. The van der Waals surface area contributed by atoms with Crippen molar-refractivity contribution in [2.24, 2.45) is 0 Å². The fourth-order valence-corrected chi connectivity index (χ4v) is 6.09. The molecule has 0 saturated carbocycles. The van der Waals surface area contributed by atoms with Crippen LogP contribution >= 0.6 is 0 Å². The van der Waals surface area contributed by atoms with Gasteiger partial charge in [-0.2, -0.15) is 9.37 Å². The average molecular weight is 552 g/mol. The average Bonchev–Trinajstić information content (AvgIpc) is 2.93. The van der Waals surface area contributed by atoms with Crippen LogP contribution in [0.25, 0.3) is 11.1 Å². The van der Waals surface area contributed by atoms with E-state index in [1.54, 1.807) is 38.1 Å². The summed E-state index contributed by atoms with van der Waals surface area (Å²) in [6, 6.07) is 13.9. The molecule has 1 aliphatic heterocycles. The van der Waals surface area contributed by atoms with E-state index in [1.807, 2.05) is 6.07 Å². The van der Waals surface area contributed by atoms with Gasteiger partial charge in [0.2, 0.25) is 21.7 Å². The molecule has 0 radical (unpaired) electrons. The van der Waals surface area contributed by atoms with Gasteiger partial charge >= 0.3 is 0 Å². The molecule has 2 aromatic heterocycles. The summed E-state index contributed by atoms with van der Waals surface area (Å²) in [7, 11) is -4.50. The Kier molecular flexibility index (Phi) is 7.19. The molecule has 5 rings (SSSR count). The Hall–Kier alpha value is -4.09. The van der Waals surface area contributed by atoms with Crippen LogP contribution in [0.5, 0.6) is 11.6 Å². The van der Waals surface area contributed by atoms with Crippen LogP contribution in [0.3, 0.4) is 0 Å². The molecule has 0 fully saturated rings. The van der Waals surface area contributed by atoms with Crippen LogP contribution in [0.2, 0.25) is 0 Å². The normalized spacial score (nSPS) is 15.0. The highest BCUT2D eigenvalue weighted by Gasteiger charge is 2.33. The van der Waals surface area contributed by atoms with Crippen LogP contribution in [-0.4, -0.2) is 41.3 Å². The number of hydrogen-bond acceptors (Lipinski definition) is 8.